The lowest BCUT2D eigenvalue weighted by Gasteiger charge is -2.35. The first-order chi connectivity index (χ1) is 13.3. The number of fused-ring (bicyclic) bond motifs is 1. The van der Waals surface area contributed by atoms with Gasteiger partial charge >= 0.3 is 0 Å². The van der Waals surface area contributed by atoms with E-state index in [2.05, 4.69) is 56.9 Å². The normalized spacial score (nSPS) is 15.8. The summed E-state index contributed by atoms with van der Waals surface area (Å²) in [5.74, 6) is 0.977. The number of hydrogen-bond donors (Lipinski definition) is 1. The van der Waals surface area contributed by atoms with E-state index in [9.17, 15) is 5.11 Å². The van der Waals surface area contributed by atoms with Gasteiger partial charge in [0.2, 0.25) is 5.95 Å². The Kier molecular flexibility index (Phi) is 5.51. The van der Waals surface area contributed by atoms with Crippen molar-refractivity contribution in [3.63, 3.8) is 0 Å². The van der Waals surface area contributed by atoms with Gasteiger partial charge in [-0.2, -0.15) is 0 Å². The van der Waals surface area contributed by atoms with Gasteiger partial charge < -0.3 is 14.6 Å². The zero-order valence-electron chi connectivity index (χ0n) is 15.5. The molecule has 5 heteroatoms. The van der Waals surface area contributed by atoms with Gasteiger partial charge in [0.1, 0.15) is 0 Å². The van der Waals surface area contributed by atoms with Gasteiger partial charge in [-0.15, -0.1) is 0 Å². The van der Waals surface area contributed by atoms with E-state index in [1.165, 1.54) is 5.56 Å². The monoisotopic (exact) mass is 362 g/mol. The van der Waals surface area contributed by atoms with Crippen LogP contribution in [0.4, 0.5) is 5.95 Å². The molecule has 1 fully saturated rings. The third-order valence-corrected chi connectivity index (χ3v) is 5.09. The lowest BCUT2D eigenvalue weighted by molar-refractivity contribution is 0.271. The minimum Gasteiger partial charge on any atom is -0.395 e. The summed E-state index contributed by atoms with van der Waals surface area (Å²) in [5.41, 5.74) is 3.33. The number of nitrogens with zero attached hydrogens (tertiary/aromatic N) is 4. The molecule has 1 saturated heterocycles. The maximum atomic E-state index is 9.47. The van der Waals surface area contributed by atoms with Crippen LogP contribution in [-0.4, -0.2) is 58.9 Å². The number of anilines is 1. The van der Waals surface area contributed by atoms with E-state index in [0.29, 0.717) is 6.54 Å². The molecule has 1 aliphatic rings. The molecule has 27 heavy (non-hydrogen) atoms. The number of rotatable bonds is 6. The summed E-state index contributed by atoms with van der Waals surface area (Å²) in [6.45, 7) is 5.61. The topological polar surface area (TPSA) is 44.5 Å². The van der Waals surface area contributed by atoms with Crippen LogP contribution in [0.5, 0.6) is 0 Å². The van der Waals surface area contributed by atoms with Crippen molar-refractivity contribution in [1.29, 1.82) is 0 Å². The lowest BCUT2D eigenvalue weighted by Crippen LogP contribution is -2.47. The minimum absolute atomic E-state index is 0.123. The second-order valence-corrected chi connectivity index (χ2v) is 6.88. The van der Waals surface area contributed by atoms with E-state index in [1.54, 1.807) is 0 Å². The number of para-hydroxylation sites is 2. The third-order valence-electron chi connectivity index (χ3n) is 5.09. The van der Waals surface area contributed by atoms with Crippen molar-refractivity contribution < 1.29 is 5.11 Å². The number of piperazine rings is 1. The van der Waals surface area contributed by atoms with Crippen LogP contribution in [0.1, 0.15) is 5.56 Å². The molecular weight excluding hydrogens is 336 g/mol. The first kappa shape index (κ1) is 17.8. The van der Waals surface area contributed by atoms with Crippen molar-refractivity contribution in [2.24, 2.45) is 0 Å². The van der Waals surface area contributed by atoms with Gasteiger partial charge in [0.05, 0.1) is 17.6 Å². The molecule has 0 spiro atoms. The predicted octanol–water partition coefficient (Wildman–Crippen LogP) is 2.86. The number of hydrogen-bond acceptors (Lipinski definition) is 4. The Hall–Kier alpha value is -2.63. The SMILES string of the molecule is OCCn1c(N2CCN(CC=Cc3ccccc3)CC2)nc2ccccc21. The van der Waals surface area contributed by atoms with Crippen molar-refractivity contribution in [2.45, 2.75) is 6.54 Å². The van der Waals surface area contributed by atoms with E-state index >= 15 is 0 Å². The number of aromatic nitrogens is 2. The Balaban J connectivity index is 1.40. The molecule has 2 aromatic carbocycles. The molecule has 0 saturated carbocycles. The molecule has 0 bridgehead atoms. The summed E-state index contributed by atoms with van der Waals surface area (Å²) in [6.07, 6.45) is 4.43. The average molecular weight is 362 g/mol. The summed E-state index contributed by atoms with van der Waals surface area (Å²) < 4.78 is 2.14. The van der Waals surface area contributed by atoms with E-state index in [4.69, 9.17) is 4.98 Å². The van der Waals surface area contributed by atoms with Crippen molar-refractivity contribution in [3.8, 4) is 0 Å². The van der Waals surface area contributed by atoms with Crippen LogP contribution in [0.2, 0.25) is 0 Å². The van der Waals surface area contributed by atoms with Crippen LogP contribution in [0, 0.1) is 0 Å². The fourth-order valence-corrected chi connectivity index (χ4v) is 3.66. The van der Waals surface area contributed by atoms with Crippen LogP contribution in [0.3, 0.4) is 0 Å². The summed E-state index contributed by atoms with van der Waals surface area (Å²) in [4.78, 5) is 9.63. The van der Waals surface area contributed by atoms with Crippen LogP contribution in [-0.2, 0) is 6.54 Å². The third kappa shape index (κ3) is 4.04. The molecule has 0 atom stereocenters. The summed E-state index contributed by atoms with van der Waals surface area (Å²) in [7, 11) is 0. The van der Waals surface area contributed by atoms with Gasteiger partial charge in [-0.1, -0.05) is 54.6 Å². The first-order valence-corrected chi connectivity index (χ1v) is 9.60. The Morgan fingerprint density at radius 2 is 1.67 bits per heavy atom. The fourth-order valence-electron chi connectivity index (χ4n) is 3.66. The molecule has 1 aromatic heterocycles. The molecule has 4 rings (SSSR count). The second kappa shape index (κ2) is 8.37. The molecule has 0 amide bonds. The molecule has 3 aromatic rings. The lowest BCUT2D eigenvalue weighted by atomic mass is 10.2. The minimum atomic E-state index is 0.123. The second-order valence-electron chi connectivity index (χ2n) is 6.88. The van der Waals surface area contributed by atoms with E-state index in [-0.39, 0.29) is 6.61 Å². The van der Waals surface area contributed by atoms with Gasteiger partial charge in [0, 0.05) is 39.3 Å². The zero-order chi connectivity index (χ0) is 18.5. The quantitative estimate of drug-likeness (QED) is 0.732. The molecule has 0 aliphatic carbocycles. The number of benzene rings is 2. The van der Waals surface area contributed by atoms with Gasteiger partial charge in [-0.25, -0.2) is 4.98 Å². The molecule has 5 nitrogen and oxygen atoms in total. The maximum absolute atomic E-state index is 9.47. The molecule has 1 N–H and O–H groups in total. The standard InChI is InChI=1S/C22H26N4O/c27-18-17-26-21-11-5-4-10-20(21)23-22(26)25-15-13-24(14-16-25)12-6-9-19-7-2-1-3-8-19/h1-11,27H,12-18H2. The highest BCUT2D eigenvalue weighted by Crippen LogP contribution is 2.23. The summed E-state index contributed by atoms with van der Waals surface area (Å²) in [6, 6.07) is 18.6. The predicted molar refractivity (Wildman–Crippen MR) is 111 cm³/mol. The van der Waals surface area contributed by atoms with Crippen molar-refractivity contribution in [2.75, 3.05) is 44.2 Å². The molecule has 0 radical (unpaired) electrons. The smallest absolute Gasteiger partial charge is 0.206 e. The van der Waals surface area contributed by atoms with Gasteiger partial charge in [-0.05, 0) is 17.7 Å². The molecule has 2 heterocycles. The van der Waals surface area contributed by atoms with Gasteiger partial charge in [0.25, 0.3) is 0 Å². The summed E-state index contributed by atoms with van der Waals surface area (Å²) >= 11 is 0. The van der Waals surface area contributed by atoms with Gasteiger partial charge in [-0.3, -0.25) is 4.90 Å². The highest BCUT2D eigenvalue weighted by Gasteiger charge is 2.21. The molecule has 140 valence electrons. The maximum Gasteiger partial charge on any atom is 0.206 e. The molecule has 0 unspecified atom stereocenters. The Morgan fingerprint density at radius 1 is 0.926 bits per heavy atom. The largest absolute Gasteiger partial charge is 0.395 e. The van der Waals surface area contributed by atoms with Gasteiger partial charge in [0.15, 0.2) is 0 Å². The van der Waals surface area contributed by atoms with Crippen molar-refractivity contribution >= 4 is 23.1 Å². The Bertz CT molecular complexity index is 895. The van der Waals surface area contributed by atoms with E-state index < -0.39 is 0 Å². The van der Waals surface area contributed by atoms with Crippen LogP contribution < -0.4 is 4.90 Å². The van der Waals surface area contributed by atoms with E-state index in [0.717, 1.165) is 49.7 Å². The highest BCUT2D eigenvalue weighted by atomic mass is 16.3. The van der Waals surface area contributed by atoms with Crippen molar-refractivity contribution in [3.05, 3.63) is 66.2 Å². The number of aliphatic hydroxyl groups is 1. The fraction of sp³-hybridized carbons (Fsp3) is 0.318. The summed E-state index contributed by atoms with van der Waals surface area (Å²) in [5, 5.41) is 9.47. The Labute approximate surface area is 160 Å². The number of imidazole rings is 1. The average Bonchev–Trinajstić information content (AvgIpc) is 3.08. The Morgan fingerprint density at radius 3 is 2.44 bits per heavy atom. The number of aliphatic hydroxyl groups excluding tert-OH is 1. The van der Waals surface area contributed by atoms with Crippen molar-refractivity contribution in [1.82, 2.24) is 14.5 Å². The molecular formula is C22H26N4O. The van der Waals surface area contributed by atoms with Crippen LogP contribution in [0.15, 0.2) is 60.7 Å². The highest BCUT2D eigenvalue weighted by molar-refractivity contribution is 5.78. The first-order valence-electron chi connectivity index (χ1n) is 9.60. The van der Waals surface area contributed by atoms with Crippen LogP contribution >= 0.6 is 0 Å². The van der Waals surface area contributed by atoms with Crippen LogP contribution in [0.25, 0.3) is 17.1 Å². The molecule has 1 aliphatic heterocycles. The zero-order valence-corrected chi connectivity index (χ0v) is 15.5. The van der Waals surface area contributed by atoms with E-state index in [1.807, 2.05) is 24.3 Å².